The van der Waals surface area contributed by atoms with Crippen molar-refractivity contribution in [3.8, 4) is 0 Å². The molecule has 0 bridgehead atoms. The number of amides is 2. The Hall–Kier alpha value is -1.10. The Kier molecular flexibility index (Phi) is 5.48. The van der Waals surface area contributed by atoms with Crippen LogP contribution in [0.5, 0.6) is 0 Å². The van der Waals surface area contributed by atoms with Crippen molar-refractivity contribution in [1.82, 2.24) is 14.7 Å². The van der Waals surface area contributed by atoms with E-state index in [1.807, 2.05) is 4.90 Å². The summed E-state index contributed by atoms with van der Waals surface area (Å²) in [4.78, 5) is 31.6. The van der Waals surface area contributed by atoms with Gasteiger partial charge in [0, 0.05) is 20.0 Å². The predicted octanol–water partition coefficient (Wildman–Crippen LogP) is 2.25. The molecule has 3 saturated heterocycles. The van der Waals surface area contributed by atoms with E-state index in [0.29, 0.717) is 6.54 Å². The number of rotatable bonds is 2. The van der Waals surface area contributed by atoms with Gasteiger partial charge in [0.25, 0.3) is 0 Å². The largest absolute Gasteiger partial charge is 0.338 e. The lowest BCUT2D eigenvalue weighted by atomic mass is 9.76. The summed E-state index contributed by atoms with van der Waals surface area (Å²) in [6.07, 6.45) is 9.08. The van der Waals surface area contributed by atoms with Gasteiger partial charge >= 0.3 is 0 Å². The van der Waals surface area contributed by atoms with Crippen molar-refractivity contribution in [3.05, 3.63) is 0 Å². The van der Waals surface area contributed by atoms with E-state index in [-0.39, 0.29) is 23.4 Å². The molecule has 0 aliphatic carbocycles. The van der Waals surface area contributed by atoms with Crippen molar-refractivity contribution in [2.24, 2.45) is 0 Å². The summed E-state index contributed by atoms with van der Waals surface area (Å²) in [7, 11) is 0. The Balaban J connectivity index is 1.71. The van der Waals surface area contributed by atoms with Gasteiger partial charge in [0.05, 0.1) is 18.1 Å². The zero-order valence-electron chi connectivity index (χ0n) is 15.4. The lowest BCUT2D eigenvalue weighted by molar-refractivity contribution is -0.155. The number of nitrogens with zero attached hydrogens (tertiary/aromatic N) is 3. The molecule has 0 aromatic rings. The van der Waals surface area contributed by atoms with Crippen LogP contribution in [0, 0.1) is 0 Å². The van der Waals surface area contributed by atoms with Crippen LogP contribution in [0.15, 0.2) is 0 Å². The van der Waals surface area contributed by atoms with Crippen molar-refractivity contribution < 1.29 is 9.59 Å². The van der Waals surface area contributed by atoms with Crippen LogP contribution in [-0.2, 0) is 9.59 Å². The molecule has 0 unspecified atom stereocenters. The summed E-state index contributed by atoms with van der Waals surface area (Å²) in [5.41, 5.74) is -0.175. The summed E-state index contributed by atoms with van der Waals surface area (Å²) in [6.45, 7) is 8.26. The Morgan fingerprint density at radius 3 is 2.33 bits per heavy atom. The number of carbonyl (C=O) groups is 2. The fraction of sp³-hybridized carbons (Fsp3) is 0.895. The fourth-order valence-corrected chi connectivity index (χ4v) is 5.10. The predicted molar refractivity (Wildman–Crippen MR) is 94.7 cm³/mol. The van der Waals surface area contributed by atoms with Gasteiger partial charge in [-0.1, -0.05) is 12.8 Å². The quantitative estimate of drug-likeness (QED) is 0.777. The average Bonchev–Trinajstić information content (AvgIpc) is 2.81. The smallest absolute Gasteiger partial charge is 0.237 e. The van der Waals surface area contributed by atoms with E-state index < -0.39 is 0 Å². The number of likely N-dealkylation sites (tertiary alicyclic amines) is 3. The Morgan fingerprint density at radius 2 is 1.67 bits per heavy atom. The molecule has 5 heteroatoms. The molecule has 3 rings (SSSR count). The van der Waals surface area contributed by atoms with Crippen molar-refractivity contribution in [3.63, 3.8) is 0 Å². The van der Waals surface area contributed by atoms with Crippen LogP contribution in [0.25, 0.3) is 0 Å². The van der Waals surface area contributed by atoms with Crippen LogP contribution in [0.1, 0.15) is 65.2 Å². The van der Waals surface area contributed by atoms with Gasteiger partial charge in [0.2, 0.25) is 11.8 Å². The lowest BCUT2D eigenvalue weighted by Gasteiger charge is -2.56. The topological polar surface area (TPSA) is 43.9 Å². The zero-order valence-corrected chi connectivity index (χ0v) is 15.4. The third-order valence-electron chi connectivity index (χ3n) is 6.41. The molecule has 3 aliphatic heterocycles. The second-order valence-electron chi connectivity index (χ2n) is 8.07. The lowest BCUT2D eigenvalue weighted by Crippen LogP contribution is -2.68. The van der Waals surface area contributed by atoms with Crippen molar-refractivity contribution in [2.45, 2.75) is 76.8 Å². The molecule has 3 heterocycles. The van der Waals surface area contributed by atoms with Gasteiger partial charge in [-0.2, -0.15) is 0 Å². The molecular formula is C19H33N3O2. The van der Waals surface area contributed by atoms with E-state index in [9.17, 15) is 9.59 Å². The van der Waals surface area contributed by atoms with Crippen LogP contribution < -0.4 is 0 Å². The summed E-state index contributed by atoms with van der Waals surface area (Å²) >= 11 is 0. The molecule has 0 spiro atoms. The molecule has 2 atom stereocenters. The molecule has 5 nitrogen and oxygen atoms in total. The number of fused-ring (bicyclic) bond motifs is 1. The summed E-state index contributed by atoms with van der Waals surface area (Å²) in [5, 5.41) is 0. The average molecular weight is 335 g/mol. The first kappa shape index (κ1) is 17.7. The third-order valence-corrected chi connectivity index (χ3v) is 6.41. The number of piperidine rings is 2. The van der Waals surface area contributed by atoms with Crippen molar-refractivity contribution in [2.75, 3.05) is 32.7 Å². The Morgan fingerprint density at radius 1 is 0.958 bits per heavy atom. The molecule has 0 aromatic carbocycles. The Labute approximate surface area is 146 Å². The molecule has 3 fully saturated rings. The maximum Gasteiger partial charge on any atom is 0.237 e. The molecule has 0 N–H and O–H groups in total. The first-order chi connectivity index (χ1) is 11.5. The maximum absolute atomic E-state index is 13.1. The summed E-state index contributed by atoms with van der Waals surface area (Å²) in [5.74, 6) is 0.433. The highest BCUT2D eigenvalue weighted by Crippen LogP contribution is 2.39. The molecule has 0 aromatic heterocycles. The van der Waals surface area contributed by atoms with Crippen LogP contribution in [-0.4, -0.2) is 70.8 Å². The molecule has 2 amide bonds. The van der Waals surface area contributed by atoms with Gasteiger partial charge in [-0.15, -0.1) is 0 Å². The maximum atomic E-state index is 13.1. The van der Waals surface area contributed by atoms with E-state index in [4.69, 9.17) is 0 Å². The Bertz CT molecular complexity index is 473. The highest BCUT2D eigenvalue weighted by molar-refractivity contribution is 5.80. The number of hydrogen-bond donors (Lipinski definition) is 0. The number of carbonyl (C=O) groups excluding carboxylic acids is 2. The second kappa shape index (κ2) is 7.42. The van der Waals surface area contributed by atoms with Gasteiger partial charge < -0.3 is 9.80 Å². The molecule has 3 aliphatic rings. The van der Waals surface area contributed by atoms with Crippen LogP contribution >= 0.6 is 0 Å². The molecule has 24 heavy (non-hydrogen) atoms. The standard InChI is InChI=1S/C19H33N3O2/c1-16(23)21-13-8-10-19(2)17(21)9-7-14-22(19)18(24)15-20-11-5-3-4-6-12-20/h17H,3-15H2,1-2H3/t17-,19+/m1/s1. The first-order valence-electron chi connectivity index (χ1n) is 9.82. The van der Waals surface area contributed by atoms with E-state index in [1.165, 1.54) is 25.7 Å². The molecule has 0 saturated carbocycles. The minimum absolute atomic E-state index is 0.160. The minimum Gasteiger partial charge on any atom is -0.338 e. The summed E-state index contributed by atoms with van der Waals surface area (Å²) < 4.78 is 0. The van der Waals surface area contributed by atoms with E-state index >= 15 is 0 Å². The molecule has 0 radical (unpaired) electrons. The van der Waals surface area contributed by atoms with Gasteiger partial charge in [-0.05, 0) is 58.5 Å². The third kappa shape index (κ3) is 3.46. The van der Waals surface area contributed by atoms with E-state index in [0.717, 1.165) is 51.9 Å². The van der Waals surface area contributed by atoms with Gasteiger partial charge in [-0.25, -0.2) is 0 Å². The summed E-state index contributed by atoms with van der Waals surface area (Å²) in [6, 6.07) is 0.200. The highest BCUT2D eigenvalue weighted by atomic mass is 16.2. The van der Waals surface area contributed by atoms with Gasteiger partial charge in [0.15, 0.2) is 0 Å². The SMILES string of the molecule is CC(=O)N1CCC[C@@]2(C)[C@H]1CCCN2C(=O)CN1CCCCCC1. The number of hydrogen-bond acceptors (Lipinski definition) is 3. The van der Waals surface area contributed by atoms with E-state index in [1.54, 1.807) is 6.92 Å². The first-order valence-corrected chi connectivity index (χ1v) is 9.82. The van der Waals surface area contributed by atoms with Crippen LogP contribution in [0.2, 0.25) is 0 Å². The second-order valence-corrected chi connectivity index (χ2v) is 8.07. The zero-order chi connectivity index (χ0) is 17.2. The van der Waals surface area contributed by atoms with Gasteiger partial charge in [0.1, 0.15) is 0 Å². The van der Waals surface area contributed by atoms with Crippen LogP contribution in [0.3, 0.4) is 0 Å². The van der Waals surface area contributed by atoms with Crippen LogP contribution in [0.4, 0.5) is 0 Å². The van der Waals surface area contributed by atoms with E-state index in [2.05, 4.69) is 16.7 Å². The highest BCUT2D eigenvalue weighted by Gasteiger charge is 2.49. The van der Waals surface area contributed by atoms with Crippen molar-refractivity contribution >= 4 is 11.8 Å². The monoisotopic (exact) mass is 335 g/mol. The molecular weight excluding hydrogens is 302 g/mol. The van der Waals surface area contributed by atoms with Crippen molar-refractivity contribution in [1.29, 1.82) is 0 Å². The minimum atomic E-state index is -0.175. The van der Waals surface area contributed by atoms with Gasteiger partial charge in [-0.3, -0.25) is 14.5 Å². The molecule has 136 valence electrons. The normalized spacial score (nSPS) is 32.2. The fourth-order valence-electron chi connectivity index (χ4n) is 5.10.